The molecule has 0 bridgehead atoms. The standard InChI is InChI=1S/C17H23FN4O5S/c1-19-17(25)14-3-2-10-22(14)16(24)11-20-15(23)8-9-21-28(26,27)13-6-4-12(18)5-7-13/h4-7,14,21H,2-3,8-11H2,1H3,(H,19,25)(H,20,23). The van der Waals surface area contributed by atoms with Crippen LogP contribution in [0.15, 0.2) is 29.2 Å². The van der Waals surface area contributed by atoms with E-state index >= 15 is 0 Å². The minimum Gasteiger partial charge on any atom is -0.357 e. The molecule has 1 saturated heterocycles. The van der Waals surface area contributed by atoms with Gasteiger partial charge < -0.3 is 15.5 Å². The Morgan fingerprint density at radius 1 is 1.21 bits per heavy atom. The van der Waals surface area contributed by atoms with E-state index in [0.29, 0.717) is 19.4 Å². The van der Waals surface area contributed by atoms with E-state index in [0.717, 1.165) is 24.3 Å². The van der Waals surface area contributed by atoms with Crippen LogP contribution in [0.2, 0.25) is 0 Å². The lowest BCUT2D eigenvalue weighted by molar-refractivity contribution is -0.138. The summed E-state index contributed by atoms with van der Waals surface area (Å²) in [4.78, 5) is 37.1. The molecule has 3 amide bonds. The third-order valence-corrected chi connectivity index (χ3v) is 5.80. The highest BCUT2D eigenvalue weighted by molar-refractivity contribution is 7.89. The van der Waals surface area contributed by atoms with Gasteiger partial charge in [0, 0.05) is 26.6 Å². The number of likely N-dealkylation sites (N-methyl/N-ethyl adjacent to an activating group) is 1. The number of hydrogen-bond donors (Lipinski definition) is 3. The monoisotopic (exact) mass is 414 g/mol. The zero-order valence-electron chi connectivity index (χ0n) is 15.4. The fourth-order valence-corrected chi connectivity index (χ4v) is 3.90. The largest absolute Gasteiger partial charge is 0.357 e. The highest BCUT2D eigenvalue weighted by atomic mass is 32.2. The Balaban J connectivity index is 1.76. The summed E-state index contributed by atoms with van der Waals surface area (Å²) < 4.78 is 39.2. The van der Waals surface area contributed by atoms with Crippen molar-refractivity contribution in [1.82, 2.24) is 20.3 Å². The third kappa shape index (κ3) is 5.73. The van der Waals surface area contributed by atoms with Crippen molar-refractivity contribution in [2.45, 2.75) is 30.2 Å². The van der Waals surface area contributed by atoms with Crippen LogP contribution in [0, 0.1) is 5.82 Å². The van der Waals surface area contributed by atoms with Crippen LogP contribution in [-0.2, 0) is 24.4 Å². The molecule has 1 unspecified atom stereocenters. The molecule has 1 heterocycles. The number of carbonyl (C=O) groups is 3. The number of carbonyl (C=O) groups excluding carboxylic acids is 3. The zero-order chi connectivity index (χ0) is 20.7. The van der Waals surface area contributed by atoms with Gasteiger partial charge in [-0.15, -0.1) is 0 Å². The summed E-state index contributed by atoms with van der Waals surface area (Å²) in [6.45, 7) is 0.00557. The molecule has 1 aromatic rings. The van der Waals surface area contributed by atoms with Gasteiger partial charge in [0.1, 0.15) is 11.9 Å². The number of sulfonamides is 1. The van der Waals surface area contributed by atoms with E-state index in [2.05, 4.69) is 15.4 Å². The molecule has 28 heavy (non-hydrogen) atoms. The van der Waals surface area contributed by atoms with Crippen LogP contribution in [0.4, 0.5) is 4.39 Å². The Morgan fingerprint density at radius 2 is 1.89 bits per heavy atom. The van der Waals surface area contributed by atoms with E-state index in [1.807, 2.05) is 0 Å². The maximum atomic E-state index is 12.9. The summed E-state index contributed by atoms with van der Waals surface area (Å²) in [5.41, 5.74) is 0. The van der Waals surface area contributed by atoms with Crippen molar-refractivity contribution in [3.8, 4) is 0 Å². The summed E-state index contributed by atoms with van der Waals surface area (Å²) >= 11 is 0. The average molecular weight is 414 g/mol. The van der Waals surface area contributed by atoms with Crippen LogP contribution >= 0.6 is 0 Å². The molecular weight excluding hydrogens is 391 g/mol. The highest BCUT2D eigenvalue weighted by Gasteiger charge is 2.33. The summed E-state index contributed by atoms with van der Waals surface area (Å²) in [6.07, 6.45) is 1.11. The Labute approximate surface area is 162 Å². The van der Waals surface area contributed by atoms with Crippen molar-refractivity contribution in [3.05, 3.63) is 30.1 Å². The molecule has 154 valence electrons. The van der Waals surface area contributed by atoms with Crippen LogP contribution in [0.5, 0.6) is 0 Å². The van der Waals surface area contributed by atoms with E-state index < -0.39 is 27.8 Å². The second kappa shape index (κ2) is 9.60. The lowest BCUT2D eigenvalue weighted by atomic mass is 10.2. The molecule has 1 fully saturated rings. The number of benzene rings is 1. The predicted octanol–water partition coefficient (Wildman–Crippen LogP) is -0.653. The molecule has 0 radical (unpaired) electrons. The maximum Gasteiger partial charge on any atom is 0.242 e. The van der Waals surface area contributed by atoms with Crippen molar-refractivity contribution in [2.24, 2.45) is 0 Å². The van der Waals surface area contributed by atoms with E-state index in [1.54, 1.807) is 0 Å². The molecule has 0 aromatic heterocycles. The number of rotatable bonds is 8. The van der Waals surface area contributed by atoms with Crippen LogP contribution < -0.4 is 15.4 Å². The number of likely N-dealkylation sites (tertiary alicyclic amines) is 1. The van der Waals surface area contributed by atoms with Gasteiger partial charge >= 0.3 is 0 Å². The zero-order valence-corrected chi connectivity index (χ0v) is 16.2. The fraction of sp³-hybridized carbons (Fsp3) is 0.471. The van der Waals surface area contributed by atoms with Gasteiger partial charge in [0.15, 0.2) is 0 Å². The van der Waals surface area contributed by atoms with Crippen LogP contribution in [-0.4, -0.2) is 63.8 Å². The van der Waals surface area contributed by atoms with E-state index in [4.69, 9.17) is 0 Å². The minimum atomic E-state index is -3.85. The van der Waals surface area contributed by atoms with Crippen molar-refractivity contribution < 1.29 is 27.2 Å². The molecule has 0 aliphatic carbocycles. The SMILES string of the molecule is CNC(=O)C1CCCN1C(=O)CNC(=O)CCNS(=O)(=O)c1ccc(F)cc1. The van der Waals surface area contributed by atoms with Gasteiger partial charge in [0.05, 0.1) is 11.4 Å². The van der Waals surface area contributed by atoms with Crippen LogP contribution in [0.3, 0.4) is 0 Å². The predicted molar refractivity (Wildman–Crippen MR) is 98.0 cm³/mol. The third-order valence-electron chi connectivity index (χ3n) is 4.33. The van der Waals surface area contributed by atoms with Gasteiger partial charge in [0.25, 0.3) is 0 Å². The smallest absolute Gasteiger partial charge is 0.242 e. The second-order valence-corrected chi connectivity index (χ2v) is 8.00. The van der Waals surface area contributed by atoms with Crippen molar-refractivity contribution in [3.63, 3.8) is 0 Å². The van der Waals surface area contributed by atoms with Gasteiger partial charge in [-0.2, -0.15) is 0 Å². The molecule has 11 heteroatoms. The van der Waals surface area contributed by atoms with Crippen LogP contribution in [0.25, 0.3) is 0 Å². The molecule has 1 aliphatic heterocycles. The molecule has 0 saturated carbocycles. The van der Waals surface area contributed by atoms with E-state index in [-0.39, 0.29) is 36.2 Å². The lowest BCUT2D eigenvalue weighted by Gasteiger charge is -2.23. The Hall–Kier alpha value is -2.53. The van der Waals surface area contributed by atoms with Crippen molar-refractivity contribution in [1.29, 1.82) is 0 Å². The normalized spacial score (nSPS) is 16.6. The fourth-order valence-electron chi connectivity index (χ4n) is 2.86. The van der Waals surface area contributed by atoms with E-state index in [1.165, 1.54) is 11.9 Å². The van der Waals surface area contributed by atoms with Gasteiger partial charge in [-0.3, -0.25) is 14.4 Å². The number of halogens is 1. The van der Waals surface area contributed by atoms with E-state index in [9.17, 15) is 27.2 Å². The van der Waals surface area contributed by atoms with Crippen molar-refractivity contribution in [2.75, 3.05) is 26.7 Å². The average Bonchev–Trinajstić information content (AvgIpc) is 3.15. The van der Waals surface area contributed by atoms with Gasteiger partial charge in [-0.1, -0.05) is 0 Å². The molecule has 3 N–H and O–H groups in total. The highest BCUT2D eigenvalue weighted by Crippen LogP contribution is 2.17. The quantitative estimate of drug-likeness (QED) is 0.521. The first-order valence-electron chi connectivity index (χ1n) is 8.77. The number of amides is 3. The van der Waals surface area contributed by atoms with Gasteiger partial charge in [-0.25, -0.2) is 17.5 Å². The number of nitrogens with zero attached hydrogens (tertiary/aromatic N) is 1. The van der Waals surface area contributed by atoms with Gasteiger partial charge in [0.2, 0.25) is 27.7 Å². The maximum absolute atomic E-state index is 12.9. The minimum absolute atomic E-state index is 0.112. The first-order chi connectivity index (χ1) is 13.2. The topological polar surface area (TPSA) is 125 Å². The van der Waals surface area contributed by atoms with Gasteiger partial charge in [-0.05, 0) is 37.1 Å². The first-order valence-corrected chi connectivity index (χ1v) is 10.3. The summed E-state index contributed by atoms with van der Waals surface area (Å²) in [5.74, 6) is -1.68. The molecular formula is C17H23FN4O5S. The number of nitrogens with one attached hydrogen (secondary N) is 3. The second-order valence-electron chi connectivity index (χ2n) is 6.24. The Bertz CT molecular complexity index is 828. The molecule has 0 spiro atoms. The Kier molecular flexibility index (Phi) is 7.46. The first kappa shape index (κ1) is 21.8. The molecule has 2 rings (SSSR count). The molecule has 1 atom stereocenters. The lowest BCUT2D eigenvalue weighted by Crippen LogP contribution is -2.48. The summed E-state index contributed by atoms with van der Waals surface area (Å²) in [5, 5.41) is 4.93. The van der Waals surface area contributed by atoms with Crippen molar-refractivity contribution >= 4 is 27.7 Å². The molecule has 9 nitrogen and oxygen atoms in total. The van der Waals surface area contributed by atoms with Crippen LogP contribution in [0.1, 0.15) is 19.3 Å². The Morgan fingerprint density at radius 3 is 2.54 bits per heavy atom. The summed E-state index contributed by atoms with van der Waals surface area (Å²) in [7, 11) is -2.35. The summed E-state index contributed by atoms with van der Waals surface area (Å²) in [6, 6.07) is 3.76. The molecule has 1 aromatic carbocycles. The number of hydrogen-bond acceptors (Lipinski definition) is 5. The molecule has 1 aliphatic rings.